The Kier molecular flexibility index (Phi) is 7.11. The number of halogens is 5. The van der Waals surface area contributed by atoms with Crippen molar-refractivity contribution in [2.75, 3.05) is 13.2 Å². The highest BCUT2D eigenvalue weighted by atomic mass is 35.5. The zero-order valence-electron chi connectivity index (χ0n) is 20.9. The molecule has 1 aromatic carbocycles. The molecule has 0 saturated carbocycles. The molecule has 0 spiro atoms. The minimum Gasteiger partial charge on any atom is -0.394 e. The first kappa shape index (κ1) is 27.4. The van der Waals surface area contributed by atoms with Crippen molar-refractivity contribution in [2.45, 2.75) is 51.1 Å². The average Bonchev–Trinajstić information content (AvgIpc) is 3.27. The van der Waals surface area contributed by atoms with E-state index < -0.39 is 29.9 Å². The van der Waals surface area contributed by atoms with Crippen LogP contribution >= 0.6 is 23.2 Å². The number of amides is 2. The maximum absolute atomic E-state index is 13.8. The largest absolute Gasteiger partial charge is 0.433 e. The third-order valence-corrected chi connectivity index (χ3v) is 8.06. The van der Waals surface area contributed by atoms with Crippen molar-refractivity contribution in [1.29, 1.82) is 0 Å². The van der Waals surface area contributed by atoms with E-state index in [0.717, 1.165) is 12.3 Å². The van der Waals surface area contributed by atoms with Gasteiger partial charge in [0, 0.05) is 36.3 Å². The lowest BCUT2D eigenvalue weighted by molar-refractivity contribution is -0.141. The summed E-state index contributed by atoms with van der Waals surface area (Å²) in [5.41, 5.74) is 1.23. The van der Waals surface area contributed by atoms with Gasteiger partial charge >= 0.3 is 6.18 Å². The lowest BCUT2D eigenvalue weighted by Gasteiger charge is -2.38. The molecule has 2 aliphatic heterocycles. The Morgan fingerprint density at radius 1 is 1.21 bits per heavy atom. The quantitative estimate of drug-likeness (QED) is 0.471. The Morgan fingerprint density at radius 3 is 2.56 bits per heavy atom. The van der Waals surface area contributed by atoms with Crippen molar-refractivity contribution in [3.63, 3.8) is 0 Å². The van der Waals surface area contributed by atoms with Crippen molar-refractivity contribution in [1.82, 2.24) is 24.6 Å². The van der Waals surface area contributed by atoms with Gasteiger partial charge in [-0.3, -0.25) is 19.3 Å². The molecule has 1 unspecified atom stereocenters. The fourth-order valence-electron chi connectivity index (χ4n) is 5.11. The monoisotopic (exact) mass is 581 g/mol. The second-order valence-electron chi connectivity index (χ2n) is 9.78. The van der Waals surface area contributed by atoms with E-state index in [0.29, 0.717) is 33.8 Å². The number of carbonyl (C=O) groups is 2. The van der Waals surface area contributed by atoms with E-state index in [2.05, 4.69) is 10.1 Å². The summed E-state index contributed by atoms with van der Waals surface area (Å²) in [5.74, 6) is -0.674. The van der Waals surface area contributed by atoms with Crippen molar-refractivity contribution in [2.24, 2.45) is 0 Å². The van der Waals surface area contributed by atoms with Gasteiger partial charge in [-0.2, -0.15) is 18.3 Å². The topological polar surface area (TPSA) is 91.6 Å². The fraction of sp³-hybridized carbons (Fsp3) is 0.385. The number of fused-ring (bicyclic) bond motifs is 3. The van der Waals surface area contributed by atoms with Gasteiger partial charge in [-0.25, -0.2) is 0 Å². The third-order valence-electron chi connectivity index (χ3n) is 7.32. The number of aliphatic hydroxyl groups is 1. The number of carbonyl (C=O) groups excluding carboxylic acids is 2. The molecule has 39 heavy (non-hydrogen) atoms. The molecule has 0 fully saturated rings. The number of rotatable bonds is 4. The van der Waals surface area contributed by atoms with Gasteiger partial charge in [0.15, 0.2) is 0 Å². The van der Waals surface area contributed by atoms with Crippen LogP contribution < -0.4 is 0 Å². The number of aromatic nitrogens is 3. The summed E-state index contributed by atoms with van der Waals surface area (Å²) in [6.07, 6.45) is -3.07. The Labute approximate surface area is 231 Å². The summed E-state index contributed by atoms with van der Waals surface area (Å²) in [4.78, 5) is 33.9. The van der Waals surface area contributed by atoms with Crippen LogP contribution in [0.5, 0.6) is 0 Å². The maximum Gasteiger partial charge on any atom is 0.433 e. The van der Waals surface area contributed by atoms with Gasteiger partial charge in [0.05, 0.1) is 41.0 Å². The summed E-state index contributed by atoms with van der Waals surface area (Å²) >= 11 is 12.1. The number of hydrogen-bond donors (Lipinski definition) is 1. The van der Waals surface area contributed by atoms with Gasteiger partial charge in [-0.1, -0.05) is 29.3 Å². The summed E-state index contributed by atoms with van der Waals surface area (Å²) in [5, 5.41) is 15.4. The highest BCUT2D eigenvalue weighted by Crippen LogP contribution is 2.36. The minimum atomic E-state index is -4.58. The van der Waals surface area contributed by atoms with Gasteiger partial charge in [-0.15, -0.1) is 0 Å². The number of hydrogen-bond acceptors (Lipinski definition) is 5. The zero-order valence-corrected chi connectivity index (χ0v) is 22.4. The highest BCUT2D eigenvalue weighted by Gasteiger charge is 2.42. The summed E-state index contributed by atoms with van der Waals surface area (Å²) in [6.45, 7) is 3.48. The van der Waals surface area contributed by atoms with Crippen LogP contribution in [0.4, 0.5) is 13.2 Å². The van der Waals surface area contributed by atoms with Crippen LogP contribution in [0, 0.1) is 0 Å². The van der Waals surface area contributed by atoms with Gasteiger partial charge in [0.25, 0.3) is 11.8 Å². The van der Waals surface area contributed by atoms with Gasteiger partial charge < -0.3 is 14.9 Å². The molecule has 2 aromatic heterocycles. The molecule has 13 heteroatoms. The van der Waals surface area contributed by atoms with E-state index in [4.69, 9.17) is 23.2 Å². The molecule has 3 aromatic rings. The first-order valence-corrected chi connectivity index (χ1v) is 13.0. The molecular weight excluding hydrogens is 558 g/mol. The molecule has 5 rings (SSSR count). The predicted octanol–water partition coefficient (Wildman–Crippen LogP) is 4.94. The molecule has 0 bridgehead atoms. The number of alkyl halides is 3. The molecule has 8 nitrogen and oxygen atoms in total. The van der Waals surface area contributed by atoms with Crippen LogP contribution in [0.1, 0.15) is 69.3 Å². The van der Waals surface area contributed by atoms with E-state index in [1.165, 1.54) is 21.7 Å². The first-order valence-electron chi connectivity index (χ1n) is 12.2. The molecule has 0 saturated heterocycles. The molecule has 3 atom stereocenters. The molecule has 0 radical (unpaired) electrons. The Hall–Kier alpha value is -3.15. The number of pyridine rings is 1. The molecular formula is C26H24Cl2F3N5O3. The van der Waals surface area contributed by atoms with Crippen molar-refractivity contribution >= 4 is 35.0 Å². The minimum absolute atomic E-state index is 0.104. The van der Waals surface area contributed by atoms with E-state index in [1.54, 1.807) is 24.0 Å². The number of nitrogens with zero attached hydrogens (tertiary/aromatic N) is 5. The normalized spacial score (nSPS) is 20.1. The first-order chi connectivity index (χ1) is 18.4. The second-order valence-corrected chi connectivity index (χ2v) is 10.6. The van der Waals surface area contributed by atoms with Crippen molar-refractivity contribution in [3.05, 3.63) is 80.3 Å². The van der Waals surface area contributed by atoms with Crippen molar-refractivity contribution < 1.29 is 27.9 Å². The lowest BCUT2D eigenvalue weighted by atomic mass is 9.96. The van der Waals surface area contributed by atoms with E-state index in [-0.39, 0.29) is 42.4 Å². The number of aliphatic hydroxyl groups excluding tert-OH is 1. The second kappa shape index (κ2) is 10.1. The molecule has 206 valence electrons. The van der Waals surface area contributed by atoms with Gasteiger partial charge in [-0.05, 0) is 43.7 Å². The van der Waals surface area contributed by atoms with Gasteiger partial charge in [0.2, 0.25) is 0 Å². The van der Waals surface area contributed by atoms with Crippen LogP contribution in [-0.2, 0) is 19.1 Å². The molecule has 2 aliphatic rings. The third kappa shape index (κ3) is 4.87. The van der Waals surface area contributed by atoms with Crippen LogP contribution in [-0.4, -0.2) is 60.7 Å². The molecule has 0 aliphatic carbocycles. The smallest absolute Gasteiger partial charge is 0.394 e. The molecule has 1 N–H and O–H groups in total. The van der Waals surface area contributed by atoms with E-state index in [1.807, 2.05) is 6.92 Å². The SMILES string of the molecule is CC(c1ccc(C(F)(F)F)nc1)N1C[C@@H](CO)n2nc3c(c2C1=O)CN(C(=O)c1ccc(Cl)c(Cl)c1)[C@H](C)C3. The van der Waals surface area contributed by atoms with Crippen LogP contribution in [0.25, 0.3) is 0 Å². The predicted molar refractivity (Wildman–Crippen MR) is 137 cm³/mol. The van der Waals surface area contributed by atoms with Gasteiger partial charge in [0.1, 0.15) is 11.4 Å². The fourth-order valence-corrected chi connectivity index (χ4v) is 5.41. The van der Waals surface area contributed by atoms with Crippen molar-refractivity contribution in [3.8, 4) is 0 Å². The highest BCUT2D eigenvalue weighted by molar-refractivity contribution is 6.42. The summed E-state index contributed by atoms with van der Waals surface area (Å²) in [6, 6.07) is 5.37. The lowest BCUT2D eigenvalue weighted by Crippen LogP contribution is -2.46. The average molecular weight is 582 g/mol. The van der Waals surface area contributed by atoms with E-state index >= 15 is 0 Å². The molecule has 4 heterocycles. The summed E-state index contributed by atoms with van der Waals surface area (Å²) in [7, 11) is 0. The summed E-state index contributed by atoms with van der Waals surface area (Å²) < 4.78 is 40.5. The molecule has 2 amide bonds. The van der Waals surface area contributed by atoms with Crippen LogP contribution in [0.15, 0.2) is 36.5 Å². The zero-order chi connectivity index (χ0) is 28.2. The Bertz CT molecular complexity index is 1440. The Morgan fingerprint density at radius 2 is 1.95 bits per heavy atom. The van der Waals surface area contributed by atoms with Crippen LogP contribution in [0.2, 0.25) is 10.0 Å². The van der Waals surface area contributed by atoms with Crippen LogP contribution in [0.3, 0.4) is 0 Å². The van der Waals surface area contributed by atoms with E-state index in [9.17, 15) is 27.9 Å². The number of benzene rings is 1. The maximum atomic E-state index is 13.8. The Balaban J connectivity index is 1.47. The standard InChI is InChI=1S/C26H24Cl2F3N5O3/c1-13-7-21-18(11-34(13)24(38)15-3-5-19(27)20(28)8-15)23-25(39)35(10-17(12-37)36(23)33-21)14(2)16-4-6-22(32-9-16)26(29,30)31/h3-6,8-9,13-14,17,37H,7,10-12H2,1-2H3/t13-,14?,17+/m1/s1.